The topological polar surface area (TPSA) is 53.4 Å². The molecule has 1 aliphatic rings. The molecule has 0 spiro atoms. The smallest absolute Gasteiger partial charge is 0.337 e. The summed E-state index contributed by atoms with van der Waals surface area (Å²) in [4.78, 5) is 17.1. The van der Waals surface area contributed by atoms with Crippen molar-refractivity contribution in [1.29, 1.82) is 0 Å². The van der Waals surface area contributed by atoms with Gasteiger partial charge in [-0.2, -0.15) is 0 Å². The van der Waals surface area contributed by atoms with E-state index in [0.29, 0.717) is 11.7 Å². The van der Waals surface area contributed by atoms with E-state index in [1.807, 2.05) is 11.9 Å². The first-order valence-corrected chi connectivity index (χ1v) is 6.05. The summed E-state index contributed by atoms with van der Waals surface area (Å²) < 4.78 is 0. The predicted molar refractivity (Wildman–Crippen MR) is 66.8 cm³/mol. The Morgan fingerprint density at radius 2 is 2.35 bits per heavy atom. The van der Waals surface area contributed by atoms with E-state index in [9.17, 15) is 4.79 Å². The van der Waals surface area contributed by atoms with Crippen molar-refractivity contribution >= 4 is 23.4 Å². The summed E-state index contributed by atoms with van der Waals surface area (Å²) in [5, 5.41) is 9.16. The zero-order valence-corrected chi connectivity index (χ0v) is 10.4. The second-order valence-electron chi connectivity index (χ2n) is 4.50. The molecule has 4 nitrogen and oxygen atoms in total. The number of rotatable bonds is 4. The summed E-state index contributed by atoms with van der Waals surface area (Å²) in [7, 11) is 1.93. The third-order valence-electron chi connectivity index (χ3n) is 3.22. The van der Waals surface area contributed by atoms with Crippen molar-refractivity contribution in [3.05, 3.63) is 22.8 Å². The zero-order chi connectivity index (χ0) is 12.4. The number of hydrogen-bond donors (Lipinski definition) is 1. The Morgan fingerprint density at radius 3 is 2.88 bits per heavy atom. The van der Waals surface area contributed by atoms with Gasteiger partial charge in [-0.3, -0.25) is 0 Å². The standard InChI is InChI=1S/C12H15ClN2O2/c1-15(7-8-3-2-4-8)11-5-9(12(16)17)10(13)6-14-11/h5-6,8H,2-4,7H2,1H3,(H,16,17). The molecule has 0 amide bonds. The third kappa shape index (κ3) is 2.69. The van der Waals surface area contributed by atoms with Crippen LogP contribution in [-0.2, 0) is 0 Å². The van der Waals surface area contributed by atoms with Gasteiger partial charge < -0.3 is 10.0 Å². The van der Waals surface area contributed by atoms with Crippen LogP contribution in [0.25, 0.3) is 0 Å². The lowest BCUT2D eigenvalue weighted by atomic mass is 9.85. The van der Waals surface area contributed by atoms with Gasteiger partial charge in [0.15, 0.2) is 0 Å². The number of halogens is 1. The van der Waals surface area contributed by atoms with Crippen molar-refractivity contribution in [3.63, 3.8) is 0 Å². The van der Waals surface area contributed by atoms with Crippen LogP contribution in [0.3, 0.4) is 0 Å². The van der Waals surface area contributed by atoms with Crippen LogP contribution in [0.1, 0.15) is 29.6 Å². The molecule has 92 valence electrons. The first kappa shape index (κ1) is 12.2. The molecule has 0 unspecified atom stereocenters. The van der Waals surface area contributed by atoms with Crippen LogP contribution >= 0.6 is 11.6 Å². The van der Waals surface area contributed by atoms with Gasteiger partial charge in [0, 0.05) is 19.8 Å². The molecule has 0 atom stereocenters. The predicted octanol–water partition coefficient (Wildman–Crippen LogP) is 2.67. The Balaban J connectivity index is 2.14. The fraction of sp³-hybridized carbons (Fsp3) is 0.500. The molecule has 1 aromatic heterocycles. The highest BCUT2D eigenvalue weighted by molar-refractivity contribution is 6.33. The highest BCUT2D eigenvalue weighted by Crippen LogP contribution is 2.28. The molecule has 0 aliphatic heterocycles. The van der Waals surface area contributed by atoms with Crippen LogP contribution in [0.4, 0.5) is 5.82 Å². The minimum Gasteiger partial charge on any atom is -0.478 e. The van der Waals surface area contributed by atoms with Gasteiger partial charge in [0.1, 0.15) is 5.82 Å². The molecule has 1 aromatic rings. The monoisotopic (exact) mass is 254 g/mol. The number of carboxylic acid groups (broad SMARTS) is 1. The fourth-order valence-corrected chi connectivity index (χ4v) is 2.14. The van der Waals surface area contributed by atoms with Gasteiger partial charge in [0.2, 0.25) is 0 Å². The molecular formula is C12H15ClN2O2. The maximum Gasteiger partial charge on any atom is 0.337 e. The van der Waals surface area contributed by atoms with Crippen molar-refractivity contribution in [2.75, 3.05) is 18.5 Å². The number of aromatic carboxylic acids is 1. The molecular weight excluding hydrogens is 240 g/mol. The Morgan fingerprint density at radius 1 is 1.65 bits per heavy atom. The zero-order valence-electron chi connectivity index (χ0n) is 9.69. The first-order chi connectivity index (χ1) is 8.08. The third-order valence-corrected chi connectivity index (χ3v) is 3.52. The molecule has 2 rings (SSSR count). The summed E-state index contributed by atoms with van der Waals surface area (Å²) in [5.41, 5.74) is 0.108. The molecule has 1 N–H and O–H groups in total. The highest BCUT2D eigenvalue weighted by atomic mass is 35.5. The van der Waals surface area contributed by atoms with Crippen molar-refractivity contribution in [2.45, 2.75) is 19.3 Å². The number of aromatic nitrogens is 1. The van der Waals surface area contributed by atoms with Gasteiger partial charge in [0.25, 0.3) is 0 Å². The molecule has 1 aliphatic carbocycles. The van der Waals surface area contributed by atoms with E-state index in [4.69, 9.17) is 16.7 Å². The second kappa shape index (κ2) is 4.92. The van der Waals surface area contributed by atoms with E-state index in [0.717, 1.165) is 6.54 Å². The van der Waals surface area contributed by atoms with Crippen LogP contribution in [0.5, 0.6) is 0 Å². The minimum absolute atomic E-state index is 0.108. The van der Waals surface area contributed by atoms with Gasteiger partial charge in [-0.15, -0.1) is 0 Å². The summed E-state index contributed by atoms with van der Waals surface area (Å²) in [6.07, 6.45) is 5.21. The summed E-state index contributed by atoms with van der Waals surface area (Å²) in [6, 6.07) is 1.53. The Hall–Kier alpha value is -1.29. The van der Waals surface area contributed by atoms with E-state index >= 15 is 0 Å². The molecule has 1 fully saturated rings. The van der Waals surface area contributed by atoms with Crippen molar-refractivity contribution in [2.24, 2.45) is 5.92 Å². The molecule has 5 heteroatoms. The Labute approximate surface area is 105 Å². The second-order valence-corrected chi connectivity index (χ2v) is 4.91. The Kier molecular flexibility index (Phi) is 3.52. The van der Waals surface area contributed by atoms with Crippen LogP contribution in [-0.4, -0.2) is 29.7 Å². The van der Waals surface area contributed by atoms with Crippen molar-refractivity contribution in [3.8, 4) is 0 Å². The summed E-state index contributed by atoms with van der Waals surface area (Å²) >= 11 is 5.78. The van der Waals surface area contributed by atoms with E-state index in [1.165, 1.54) is 31.5 Å². The number of nitrogens with zero attached hydrogens (tertiary/aromatic N) is 2. The van der Waals surface area contributed by atoms with E-state index in [-0.39, 0.29) is 10.6 Å². The van der Waals surface area contributed by atoms with Gasteiger partial charge in [-0.25, -0.2) is 9.78 Å². The maximum absolute atomic E-state index is 11.0. The highest BCUT2D eigenvalue weighted by Gasteiger charge is 2.20. The molecule has 0 saturated heterocycles. The van der Waals surface area contributed by atoms with Gasteiger partial charge in [-0.1, -0.05) is 18.0 Å². The van der Waals surface area contributed by atoms with Crippen LogP contribution in [0, 0.1) is 5.92 Å². The number of anilines is 1. The number of carboxylic acids is 1. The van der Waals surface area contributed by atoms with Gasteiger partial charge in [-0.05, 0) is 24.8 Å². The summed E-state index contributed by atoms with van der Waals surface area (Å²) in [5.74, 6) is 0.361. The molecule has 1 saturated carbocycles. The lowest BCUT2D eigenvalue weighted by Gasteiger charge is -2.30. The normalized spacial score (nSPS) is 15.4. The van der Waals surface area contributed by atoms with Gasteiger partial charge in [0.05, 0.1) is 10.6 Å². The number of pyridine rings is 1. The molecule has 17 heavy (non-hydrogen) atoms. The average molecular weight is 255 g/mol. The van der Waals surface area contributed by atoms with Crippen LogP contribution < -0.4 is 4.90 Å². The number of hydrogen-bond acceptors (Lipinski definition) is 3. The maximum atomic E-state index is 11.0. The lowest BCUT2D eigenvalue weighted by Crippen LogP contribution is -2.30. The largest absolute Gasteiger partial charge is 0.478 e. The molecule has 0 bridgehead atoms. The minimum atomic E-state index is -1.02. The van der Waals surface area contributed by atoms with E-state index in [2.05, 4.69) is 4.98 Å². The number of carbonyl (C=O) groups is 1. The van der Waals surface area contributed by atoms with Crippen LogP contribution in [0.15, 0.2) is 12.3 Å². The molecule has 0 aromatic carbocycles. The van der Waals surface area contributed by atoms with Crippen molar-refractivity contribution < 1.29 is 9.90 Å². The summed E-state index contributed by atoms with van der Waals surface area (Å²) in [6.45, 7) is 0.924. The van der Waals surface area contributed by atoms with Crippen molar-refractivity contribution in [1.82, 2.24) is 4.98 Å². The van der Waals surface area contributed by atoms with E-state index < -0.39 is 5.97 Å². The lowest BCUT2D eigenvalue weighted by molar-refractivity contribution is 0.0697. The average Bonchev–Trinajstić information content (AvgIpc) is 2.23. The Bertz CT molecular complexity index is 433. The van der Waals surface area contributed by atoms with Crippen LogP contribution in [0.2, 0.25) is 5.02 Å². The fourth-order valence-electron chi connectivity index (χ4n) is 1.96. The van der Waals surface area contributed by atoms with Gasteiger partial charge >= 0.3 is 5.97 Å². The molecule has 0 radical (unpaired) electrons. The van der Waals surface area contributed by atoms with E-state index in [1.54, 1.807) is 0 Å². The first-order valence-electron chi connectivity index (χ1n) is 5.68. The quantitative estimate of drug-likeness (QED) is 0.898. The SMILES string of the molecule is CN(CC1CCC1)c1cc(C(=O)O)c(Cl)cn1. The molecule has 1 heterocycles.